The Morgan fingerprint density at radius 3 is 2.52 bits per heavy atom. The van der Waals surface area contributed by atoms with Crippen LogP contribution in [0.15, 0.2) is 30.3 Å². The highest BCUT2D eigenvalue weighted by Crippen LogP contribution is 2.45. The lowest BCUT2D eigenvalue weighted by Crippen LogP contribution is -2.69. The normalized spacial score (nSPS) is 22.4. The molecule has 148 valence electrons. The van der Waals surface area contributed by atoms with E-state index in [0.29, 0.717) is 26.1 Å². The van der Waals surface area contributed by atoms with Crippen molar-refractivity contribution in [3.8, 4) is 0 Å². The minimum absolute atomic E-state index is 0.00138. The monoisotopic (exact) mass is 394 g/mol. The van der Waals surface area contributed by atoms with E-state index in [9.17, 15) is 18.0 Å². The fourth-order valence-corrected chi connectivity index (χ4v) is 6.35. The van der Waals surface area contributed by atoms with Crippen LogP contribution in [0.5, 0.6) is 0 Å². The maximum absolute atomic E-state index is 13.3. The van der Waals surface area contributed by atoms with Gasteiger partial charge >= 0.3 is 0 Å². The third-order valence-electron chi connectivity index (χ3n) is 5.68. The maximum Gasteiger partial charge on any atom is 0.227 e. The number of ether oxygens (including phenoxy) is 1. The van der Waals surface area contributed by atoms with E-state index in [-0.39, 0.29) is 30.7 Å². The summed E-state index contributed by atoms with van der Waals surface area (Å²) < 4.78 is 29.4. The summed E-state index contributed by atoms with van der Waals surface area (Å²) in [5, 5.41) is 0. The Kier molecular flexibility index (Phi) is 5.58. The van der Waals surface area contributed by atoms with Crippen molar-refractivity contribution >= 4 is 21.7 Å². The molecule has 1 aromatic rings. The Hall–Kier alpha value is -1.93. The molecule has 0 N–H and O–H groups in total. The van der Waals surface area contributed by atoms with Gasteiger partial charge in [0, 0.05) is 40.2 Å². The van der Waals surface area contributed by atoms with Crippen LogP contribution in [-0.2, 0) is 30.7 Å². The molecule has 2 aliphatic heterocycles. The van der Waals surface area contributed by atoms with E-state index >= 15 is 0 Å². The zero-order valence-electron chi connectivity index (χ0n) is 15.8. The smallest absolute Gasteiger partial charge is 0.227 e. The van der Waals surface area contributed by atoms with Gasteiger partial charge in [0.1, 0.15) is 4.75 Å². The van der Waals surface area contributed by atoms with Gasteiger partial charge in [-0.15, -0.1) is 0 Å². The first-order chi connectivity index (χ1) is 12.8. The molecule has 2 saturated heterocycles. The number of carbonyl (C=O) groups is 2. The highest BCUT2D eigenvalue weighted by atomic mass is 32.2. The number of sulfone groups is 1. The average molecular weight is 394 g/mol. The minimum atomic E-state index is -3.41. The molecule has 8 heteroatoms. The van der Waals surface area contributed by atoms with E-state index in [1.165, 1.54) is 11.8 Å². The van der Waals surface area contributed by atoms with Gasteiger partial charge in [-0.05, 0) is 12.0 Å². The zero-order valence-corrected chi connectivity index (χ0v) is 16.6. The van der Waals surface area contributed by atoms with Crippen molar-refractivity contribution in [1.29, 1.82) is 0 Å². The Bertz CT molecular complexity index is 803. The van der Waals surface area contributed by atoms with Gasteiger partial charge in [-0.25, -0.2) is 8.42 Å². The fourth-order valence-electron chi connectivity index (χ4n) is 4.04. The molecule has 0 bridgehead atoms. The summed E-state index contributed by atoms with van der Waals surface area (Å²) in [5.74, 6) is -0.938. The van der Waals surface area contributed by atoms with Crippen molar-refractivity contribution in [2.45, 2.75) is 24.6 Å². The number of hydrogen-bond donors (Lipinski definition) is 0. The van der Waals surface area contributed by atoms with Crippen LogP contribution in [0, 0.1) is 5.92 Å². The molecule has 0 radical (unpaired) electrons. The van der Waals surface area contributed by atoms with Gasteiger partial charge in [0.15, 0.2) is 9.84 Å². The average Bonchev–Trinajstić information content (AvgIpc) is 2.88. The number of benzene rings is 1. The molecule has 2 amide bonds. The van der Waals surface area contributed by atoms with Crippen LogP contribution in [-0.4, -0.2) is 73.9 Å². The van der Waals surface area contributed by atoms with Gasteiger partial charge in [0.05, 0.1) is 18.3 Å². The molecule has 7 nitrogen and oxygen atoms in total. The molecule has 0 saturated carbocycles. The highest BCUT2D eigenvalue weighted by molar-refractivity contribution is 7.93. The van der Waals surface area contributed by atoms with Crippen molar-refractivity contribution < 1.29 is 22.7 Å². The molecule has 1 spiro atoms. The SMILES string of the molecule is COCCN(Cc1ccccc1)C(=O)C1CCS(=O)(=O)C12CN(C(C)=O)C2. The predicted octanol–water partition coefficient (Wildman–Crippen LogP) is 0.697. The summed E-state index contributed by atoms with van der Waals surface area (Å²) >= 11 is 0. The van der Waals surface area contributed by atoms with Crippen LogP contribution in [0.4, 0.5) is 0 Å². The molecule has 0 aliphatic carbocycles. The molecule has 0 aromatic heterocycles. The van der Waals surface area contributed by atoms with E-state index in [4.69, 9.17) is 4.74 Å². The Morgan fingerprint density at radius 1 is 1.26 bits per heavy atom. The third kappa shape index (κ3) is 3.60. The number of hydrogen-bond acceptors (Lipinski definition) is 5. The summed E-state index contributed by atoms with van der Waals surface area (Å²) in [6, 6.07) is 9.61. The van der Waals surface area contributed by atoms with Crippen molar-refractivity contribution in [3.05, 3.63) is 35.9 Å². The first-order valence-electron chi connectivity index (χ1n) is 9.10. The van der Waals surface area contributed by atoms with E-state index in [1.54, 1.807) is 12.0 Å². The lowest BCUT2D eigenvalue weighted by atomic mass is 9.82. The second-order valence-corrected chi connectivity index (χ2v) is 9.79. The van der Waals surface area contributed by atoms with Gasteiger partial charge in [-0.3, -0.25) is 9.59 Å². The predicted molar refractivity (Wildman–Crippen MR) is 101 cm³/mol. The van der Waals surface area contributed by atoms with E-state index in [1.807, 2.05) is 30.3 Å². The number of methoxy groups -OCH3 is 1. The molecule has 2 fully saturated rings. The van der Waals surface area contributed by atoms with Gasteiger partial charge in [0.2, 0.25) is 11.8 Å². The van der Waals surface area contributed by atoms with Crippen molar-refractivity contribution in [2.24, 2.45) is 5.92 Å². The van der Waals surface area contributed by atoms with Gasteiger partial charge in [0.25, 0.3) is 0 Å². The molecule has 3 rings (SSSR count). The van der Waals surface area contributed by atoms with E-state index < -0.39 is 20.5 Å². The summed E-state index contributed by atoms with van der Waals surface area (Å²) in [6.45, 7) is 2.84. The van der Waals surface area contributed by atoms with Crippen LogP contribution in [0.25, 0.3) is 0 Å². The molecule has 1 unspecified atom stereocenters. The van der Waals surface area contributed by atoms with Crippen molar-refractivity contribution in [1.82, 2.24) is 9.80 Å². The molecule has 1 atom stereocenters. The van der Waals surface area contributed by atoms with Crippen LogP contribution in [0.1, 0.15) is 18.9 Å². The fraction of sp³-hybridized carbons (Fsp3) is 0.579. The molecule has 1 aromatic carbocycles. The third-order valence-corrected chi connectivity index (χ3v) is 8.24. The highest BCUT2D eigenvalue weighted by Gasteiger charge is 2.64. The number of amides is 2. The Labute approximate surface area is 160 Å². The number of nitrogens with zero attached hydrogens (tertiary/aromatic N) is 2. The van der Waals surface area contributed by atoms with Crippen molar-refractivity contribution in [3.63, 3.8) is 0 Å². The summed E-state index contributed by atoms with van der Waals surface area (Å²) in [6.07, 6.45) is 0.311. The maximum atomic E-state index is 13.3. The quantitative estimate of drug-likeness (QED) is 0.709. The van der Waals surface area contributed by atoms with Gasteiger partial charge < -0.3 is 14.5 Å². The van der Waals surface area contributed by atoms with Gasteiger partial charge in [-0.2, -0.15) is 0 Å². The van der Waals surface area contributed by atoms with Crippen LogP contribution in [0.3, 0.4) is 0 Å². The lowest BCUT2D eigenvalue weighted by molar-refractivity contribution is -0.144. The molecule has 2 aliphatic rings. The van der Waals surface area contributed by atoms with Crippen molar-refractivity contribution in [2.75, 3.05) is 39.1 Å². The number of rotatable bonds is 6. The molecule has 27 heavy (non-hydrogen) atoms. The zero-order chi connectivity index (χ0) is 19.7. The van der Waals surface area contributed by atoms with Crippen LogP contribution >= 0.6 is 0 Å². The summed E-state index contributed by atoms with van der Waals surface area (Å²) in [5.41, 5.74) is 0.982. The van der Waals surface area contributed by atoms with Crippen LogP contribution < -0.4 is 0 Å². The lowest BCUT2D eigenvalue weighted by Gasteiger charge is -2.49. The van der Waals surface area contributed by atoms with Gasteiger partial charge in [-0.1, -0.05) is 30.3 Å². The van der Waals surface area contributed by atoms with Crippen LogP contribution in [0.2, 0.25) is 0 Å². The second kappa shape index (κ2) is 7.59. The second-order valence-electron chi connectivity index (χ2n) is 7.34. The summed E-state index contributed by atoms with van der Waals surface area (Å²) in [7, 11) is -1.84. The largest absolute Gasteiger partial charge is 0.383 e. The number of likely N-dealkylation sites (tertiary alicyclic amines) is 1. The summed E-state index contributed by atoms with van der Waals surface area (Å²) in [4.78, 5) is 28.1. The number of carbonyl (C=O) groups excluding carboxylic acids is 2. The standard InChI is InChI=1S/C19H26N2O5S/c1-15(22)21-13-19(14-21)17(8-11-27(19,24)25)18(23)20(9-10-26-2)12-16-6-4-3-5-7-16/h3-7,17H,8-14H2,1-2H3. The molecule has 2 heterocycles. The Balaban J connectivity index is 1.83. The van der Waals surface area contributed by atoms with E-state index in [0.717, 1.165) is 5.56 Å². The first-order valence-corrected chi connectivity index (χ1v) is 10.8. The molecular weight excluding hydrogens is 368 g/mol. The first kappa shape index (κ1) is 19.8. The minimum Gasteiger partial charge on any atom is -0.383 e. The molecular formula is C19H26N2O5S. The Morgan fingerprint density at radius 2 is 1.93 bits per heavy atom. The topological polar surface area (TPSA) is 84.0 Å². The van der Waals surface area contributed by atoms with E-state index in [2.05, 4.69) is 0 Å².